The van der Waals surface area contributed by atoms with Crippen molar-refractivity contribution in [3.63, 3.8) is 0 Å². The lowest BCUT2D eigenvalue weighted by Gasteiger charge is -2.20. The predicted octanol–water partition coefficient (Wildman–Crippen LogP) is 1.26. The molecule has 1 aromatic carbocycles. The van der Waals surface area contributed by atoms with Crippen molar-refractivity contribution >= 4 is 11.6 Å². The molecule has 4 nitrogen and oxygen atoms in total. The molecule has 106 valence electrons. The van der Waals surface area contributed by atoms with Gasteiger partial charge < -0.3 is 10.2 Å². The van der Waals surface area contributed by atoms with Crippen LogP contribution < -0.4 is 16.2 Å². The van der Waals surface area contributed by atoms with E-state index in [2.05, 4.69) is 47.3 Å². The van der Waals surface area contributed by atoms with E-state index in [4.69, 9.17) is 11.6 Å². The molecule has 1 saturated heterocycles. The molecule has 0 radical (unpaired) electrons. The Bertz CT molecular complexity index is 380. The number of nitrogens with zero attached hydrogens (tertiary/aromatic N) is 1. The average molecular weight is 283 g/mol. The summed E-state index contributed by atoms with van der Waals surface area (Å²) in [5.41, 5.74) is 7.89. The number of benzene rings is 1. The molecule has 2 atom stereocenters. The summed E-state index contributed by atoms with van der Waals surface area (Å²) in [5, 5.41) is 4.31. The van der Waals surface area contributed by atoms with Gasteiger partial charge in [-0.25, -0.2) is 5.43 Å². The van der Waals surface area contributed by atoms with Gasteiger partial charge >= 0.3 is 0 Å². The van der Waals surface area contributed by atoms with Crippen LogP contribution in [-0.4, -0.2) is 45.2 Å². The minimum atomic E-state index is 0.351. The quantitative estimate of drug-likeness (QED) is 0.687. The first-order valence-electron chi connectivity index (χ1n) is 6.76. The van der Waals surface area contributed by atoms with E-state index in [-0.39, 0.29) is 0 Å². The maximum Gasteiger partial charge on any atom is 0.0515 e. The van der Waals surface area contributed by atoms with Crippen molar-refractivity contribution in [3.8, 4) is 0 Å². The van der Waals surface area contributed by atoms with Crippen molar-refractivity contribution in [1.29, 1.82) is 0 Å². The normalized spacial score (nSPS) is 23.2. The Morgan fingerprint density at radius 1 is 1.32 bits per heavy atom. The van der Waals surface area contributed by atoms with Crippen LogP contribution in [0.25, 0.3) is 0 Å². The second-order valence-corrected chi connectivity index (χ2v) is 5.76. The molecular formula is C14H23ClN4. The van der Waals surface area contributed by atoms with Gasteiger partial charge in [-0.15, -0.1) is 0 Å². The predicted molar refractivity (Wildman–Crippen MR) is 80.2 cm³/mol. The molecule has 0 aliphatic carbocycles. The fraction of sp³-hybridized carbons (Fsp3) is 0.571. The standard InChI is InChI=1S/C14H23ClN4/c1-19(2)8-7-16-9-12-10-17-18-14(12)11-3-5-13(15)6-4-11/h3-6,12,14,16-18H,7-10H2,1-2H3. The lowest BCUT2D eigenvalue weighted by molar-refractivity contribution is 0.380. The molecule has 0 aromatic heterocycles. The largest absolute Gasteiger partial charge is 0.315 e. The molecule has 2 rings (SSSR count). The summed E-state index contributed by atoms with van der Waals surface area (Å²) in [6.45, 7) is 4.10. The lowest BCUT2D eigenvalue weighted by Crippen LogP contribution is -2.33. The van der Waals surface area contributed by atoms with Gasteiger partial charge in [0.15, 0.2) is 0 Å². The number of likely N-dealkylation sites (N-methyl/N-ethyl adjacent to an activating group) is 1. The van der Waals surface area contributed by atoms with Crippen molar-refractivity contribution in [1.82, 2.24) is 21.1 Å². The van der Waals surface area contributed by atoms with Crippen LogP contribution in [0.5, 0.6) is 0 Å². The first-order valence-corrected chi connectivity index (χ1v) is 7.14. The third-order valence-electron chi connectivity index (χ3n) is 3.46. The van der Waals surface area contributed by atoms with E-state index in [1.165, 1.54) is 5.56 Å². The Kier molecular flexibility index (Phi) is 5.60. The van der Waals surface area contributed by atoms with E-state index in [1.807, 2.05) is 12.1 Å². The van der Waals surface area contributed by atoms with E-state index in [9.17, 15) is 0 Å². The van der Waals surface area contributed by atoms with E-state index in [0.717, 1.165) is 31.2 Å². The zero-order valence-electron chi connectivity index (χ0n) is 11.6. The maximum atomic E-state index is 5.93. The lowest BCUT2D eigenvalue weighted by atomic mass is 9.95. The number of rotatable bonds is 6. The number of nitrogens with one attached hydrogen (secondary N) is 3. The molecule has 3 N–H and O–H groups in total. The molecule has 1 heterocycles. The molecule has 1 aliphatic heterocycles. The maximum absolute atomic E-state index is 5.93. The van der Waals surface area contributed by atoms with Crippen molar-refractivity contribution < 1.29 is 0 Å². The van der Waals surface area contributed by atoms with Crippen LogP contribution in [0.3, 0.4) is 0 Å². The fourth-order valence-electron chi connectivity index (χ4n) is 2.34. The van der Waals surface area contributed by atoms with Crippen LogP contribution in [0, 0.1) is 5.92 Å². The molecule has 0 amide bonds. The number of hydrogen-bond acceptors (Lipinski definition) is 4. The summed E-state index contributed by atoms with van der Waals surface area (Å²) in [6, 6.07) is 8.45. The first kappa shape index (κ1) is 14.8. The van der Waals surface area contributed by atoms with Gasteiger partial charge in [0.2, 0.25) is 0 Å². The SMILES string of the molecule is CN(C)CCNCC1CNNC1c1ccc(Cl)cc1. The Balaban J connectivity index is 1.84. The number of hydrogen-bond donors (Lipinski definition) is 3. The molecule has 0 saturated carbocycles. The summed E-state index contributed by atoms with van der Waals surface area (Å²) < 4.78 is 0. The molecule has 1 aliphatic rings. The Morgan fingerprint density at radius 2 is 2.05 bits per heavy atom. The highest BCUT2D eigenvalue weighted by molar-refractivity contribution is 6.30. The van der Waals surface area contributed by atoms with Crippen LogP contribution in [0.4, 0.5) is 0 Å². The van der Waals surface area contributed by atoms with Gasteiger partial charge in [-0.1, -0.05) is 23.7 Å². The molecular weight excluding hydrogens is 260 g/mol. The smallest absolute Gasteiger partial charge is 0.0515 e. The van der Waals surface area contributed by atoms with Gasteiger partial charge in [-0.2, -0.15) is 0 Å². The molecule has 19 heavy (non-hydrogen) atoms. The topological polar surface area (TPSA) is 39.3 Å². The highest BCUT2D eigenvalue weighted by Gasteiger charge is 2.27. The van der Waals surface area contributed by atoms with E-state index < -0.39 is 0 Å². The zero-order chi connectivity index (χ0) is 13.7. The third kappa shape index (κ3) is 4.44. The number of hydrazine groups is 1. The summed E-state index contributed by atoms with van der Waals surface area (Å²) in [4.78, 5) is 2.19. The van der Waals surface area contributed by atoms with Gasteiger partial charge in [-0.05, 0) is 31.8 Å². The van der Waals surface area contributed by atoms with Crippen LogP contribution in [0.2, 0.25) is 5.02 Å². The van der Waals surface area contributed by atoms with Gasteiger partial charge in [0, 0.05) is 37.1 Å². The van der Waals surface area contributed by atoms with E-state index in [0.29, 0.717) is 12.0 Å². The molecule has 5 heteroatoms. The van der Waals surface area contributed by atoms with Gasteiger partial charge in [0.25, 0.3) is 0 Å². The van der Waals surface area contributed by atoms with Crippen molar-refractivity contribution in [3.05, 3.63) is 34.9 Å². The van der Waals surface area contributed by atoms with Gasteiger partial charge in [-0.3, -0.25) is 5.43 Å². The van der Waals surface area contributed by atoms with Crippen LogP contribution >= 0.6 is 11.6 Å². The van der Waals surface area contributed by atoms with E-state index in [1.54, 1.807) is 0 Å². The van der Waals surface area contributed by atoms with Crippen LogP contribution in [0.15, 0.2) is 24.3 Å². The first-order chi connectivity index (χ1) is 9.16. The average Bonchev–Trinajstić information content (AvgIpc) is 2.84. The molecule has 0 spiro atoms. The van der Waals surface area contributed by atoms with E-state index >= 15 is 0 Å². The molecule has 1 aromatic rings. The summed E-state index contributed by atoms with van der Waals surface area (Å²) >= 11 is 5.93. The minimum absolute atomic E-state index is 0.351. The third-order valence-corrected chi connectivity index (χ3v) is 3.72. The molecule has 2 unspecified atom stereocenters. The van der Waals surface area contributed by atoms with Crippen LogP contribution in [0.1, 0.15) is 11.6 Å². The Labute approximate surface area is 120 Å². The monoisotopic (exact) mass is 282 g/mol. The zero-order valence-corrected chi connectivity index (χ0v) is 12.4. The van der Waals surface area contributed by atoms with Crippen molar-refractivity contribution in [2.45, 2.75) is 6.04 Å². The molecule has 1 fully saturated rings. The summed E-state index contributed by atoms with van der Waals surface area (Å²) in [5.74, 6) is 0.559. The van der Waals surface area contributed by atoms with Gasteiger partial charge in [0.1, 0.15) is 0 Å². The highest BCUT2D eigenvalue weighted by Crippen LogP contribution is 2.25. The highest BCUT2D eigenvalue weighted by atomic mass is 35.5. The fourth-order valence-corrected chi connectivity index (χ4v) is 2.47. The Hall–Kier alpha value is -0.650. The second kappa shape index (κ2) is 7.22. The summed E-state index contributed by atoms with van der Waals surface area (Å²) in [6.07, 6.45) is 0. The van der Waals surface area contributed by atoms with Crippen molar-refractivity contribution in [2.24, 2.45) is 5.92 Å². The second-order valence-electron chi connectivity index (χ2n) is 5.32. The van der Waals surface area contributed by atoms with Crippen molar-refractivity contribution in [2.75, 3.05) is 40.3 Å². The Morgan fingerprint density at radius 3 is 2.74 bits per heavy atom. The van der Waals surface area contributed by atoms with Gasteiger partial charge in [0.05, 0.1) is 6.04 Å². The minimum Gasteiger partial charge on any atom is -0.315 e. The summed E-state index contributed by atoms with van der Waals surface area (Å²) in [7, 11) is 4.19. The number of halogens is 1. The van der Waals surface area contributed by atoms with Crippen LogP contribution in [-0.2, 0) is 0 Å². The molecule has 0 bridgehead atoms.